The van der Waals surface area contributed by atoms with Crippen LogP contribution in [0.3, 0.4) is 0 Å². The van der Waals surface area contributed by atoms with Crippen LogP contribution in [0.15, 0.2) is 11.6 Å². The predicted molar refractivity (Wildman–Crippen MR) is 161 cm³/mol. The SMILES string of the molecule is C/C(=C\C(=O)OC[C@H]1O[C@H](O[C@]2(CO)O[C@H](CO)[C@@H](O)[C@@H]2O)[C@H](O)[C@@H](O)[C@@H]1O)CCC[C@H](C)CCC[C@H](C)CCCC(C)C. The number of carbonyl (C=O) groups is 1. The summed E-state index contributed by atoms with van der Waals surface area (Å²) in [7, 11) is 0. The largest absolute Gasteiger partial charge is 0.460 e. The minimum absolute atomic E-state index is 0.488. The van der Waals surface area contributed by atoms with Gasteiger partial charge in [-0.25, -0.2) is 4.79 Å². The Hall–Kier alpha value is -1.19. The molecule has 0 bridgehead atoms. The summed E-state index contributed by atoms with van der Waals surface area (Å²) in [5.41, 5.74) is 0.844. The lowest BCUT2D eigenvalue weighted by molar-refractivity contribution is -0.383. The summed E-state index contributed by atoms with van der Waals surface area (Å²) in [5.74, 6) is -0.801. The van der Waals surface area contributed by atoms with Gasteiger partial charge in [0.15, 0.2) is 6.29 Å². The molecule has 2 aliphatic rings. The molecular formula is C32H58O12. The lowest BCUT2D eigenvalue weighted by atomic mass is 9.91. The van der Waals surface area contributed by atoms with E-state index in [0.717, 1.165) is 36.7 Å². The third-order valence-corrected chi connectivity index (χ3v) is 8.78. The topological polar surface area (TPSA) is 196 Å². The molecule has 0 aromatic rings. The maximum Gasteiger partial charge on any atom is 0.330 e. The first kappa shape index (κ1) is 39.0. The molecule has 2 aliphatic heterocycles. The number of carbonyl (C=O) groups excluding carboxylic acids is 1. The fraction of sp³-hybridized carbons (Fsp3) is 0.906. The van der Waals surface area contributed by atoms with Crippen LogP contribution in [0.5, 0.6) is 0 Å². The summed E-state index contributed by atoms with van der Waals surface area (Å²) in [5, 5.41) is 70.8. The van der Waals surface area contributed by atoms with Gasteiger partial charge < -0.3 is 54.7 Å². The van der Waals surface area contributed by atoms with Crippen LogP contribution in [0.1, 0.15) is 92.4 Å². The molecule has 0 saturated carbocycles. The fourth-order valence-corrected chi connectivity index (χ4v) is 5.80. The molecule has 0 spiro atoms. The van der Waals surface area contributed by atoms with Crippen molar-refractivity contribution in [3.63, 3.8) is 0 Å². The molecule has 12 nitrogen and oxygen atoms in total. The second kappa shape index (κ2) is 18.8. The Balaban J connectivity index is 1.78. The average molecular weight is 635 g/mol. The number of hydrogen-bond acceptors (Lipinski definition) is 12. The molecule has 2 rings (SSSR count). The van der Waals surface area contributed by atoms with E-state index < -0.39 is 80.6 Å². The fourth-order valence-electron chi connectivity index (χ4n) is 5.80. The van der Waals surface area contributed by atoms with E-state index in [1.807, 2.05) is 6.92 Å². The molecule has 44 heavy (non-hydrogen) atoms. The third kappa shape index (κ3) is 11.6. The quantitative estimate of drug-likeness (QED) is 0.0801. The van der Waals surface area contributed by atoms with Crippen LogP contribution >= 0.6 is 0 Å². The van der Waals surface area contributed by atoms with Crippen molar-refractivity contribution in [3.05, 3.63) is 11.6 Å². The summed E-state index contributed by atoms with van der Waals surface area (Å²) in [4.78, 5) is 12.5. The zero-order valence-electron chi connectivity index (χ0n) is 27.1. The number of ether oxygens (including phenoxy) is 4. The Bertz CT molecular complexity index is 868. The Labute approximate surface area is 262 Å². The van der Waals surface area contributed by atoms with Gasteiger partial charge in [-0.1, -0.05) is 78.2 Å². The molecule has 0 unspecified atom stereocenters. The molecule has 2 heterocycles. The van der Waals surface area contributed by atoms with E-state index in [1.165, 1.54) is 44.6 Å². The predicted octanol–water partition coefficient (Wildman–Crippen LogP) is 1.54. The molecule has 11 atom stereocenters. The van der Waals surface area contributed by atoms with Crippen molar-refractivity contribution < 1.29 is 59.5 Å². The Morgan fingerprint density at radius 2 is 1.41 bits per heavy atom. The van der Waals surface area contributed by atoms with E-state index in [1.54, 1.807) is 0 Å². The van der Waals surface area contributed by atoms with Crippen LogP contribution in [0.25, 0.3) is 0 Å². The van der Waals surface area contributed by atoms with Gasteiger partial charge in [0.2, 0.25) is 5.79 Å². The molecule has 258 valence electrons. The summed E-state index contributed by atoms with van der Waals surface area (Å²) < 4.78 is 21.5. The molecule has 0 aromatic heterocycles. The highest BCUT2D eigenvalue weighted by Crippen LogP contribution is 2.36. The van der Waals surface area contributed by atoms with Gasteiger partial charge in [-0.15, -0.1) is 0 Å². The first-order valence-corrected chi connectivity index (χ1v) is 16.2. The lowest BCUT2D eigenvalue weighted by Gasteiger charge is -2.43. The molecule has 2 saturated heterocycles. The highest BCUT2D eigenvalue weighted by molar-refractivity contribution is 5.82. The average Bonchev–Trinajstić information content (AvgIpc) is 3.21. The highest BCUT2D eigenvalue weighted by atomic mass is 16.8. The van der Waals surface area contributed by atoms with Crippen LogP contribution < -0.4 is 0 Å². The van der Waals surface area contributed by atoms with Crippen molar-refractivity contribution in [2.75, 3.05) is 19.8 Å². The standard InChI is InChI=1S/C32H58O12/c1-19(2)9-6-10-20(3)11-7-12-21(4)13-8-14-22(5)15-25(35)41-17-24-26(36)28(38)29(39)31(42-24)44-32(18-34)30(40)27(37)23(16-33)43-32/h15,19-21,23-24,26-31,33-34,36-40H,6-14,16-18H2,1-5H3/b22-15+/t20-,21-,23-,24-,26-,27-,28+,29-,30+,31-,32+/m1/s1. The Morgan fingerprint density at radius 1 is 0.818 bits per heavy atom. The van der Waals surface area contributed by atoms with Gasteiger partial charge in [-0.05, 0) is 37.5 Å². The van der Waals surface area contributed by atoms with Crippen molar-refractivity contribution in [2.24, 2.45) is 17.8 Å². The molecule has 0 amide bonds. The number of rotatable bonds is 19. The number of esters is 1. The Morgan fingerprint density at radius 3 is 1.95 bits per heavy atom. The minimum Gasteiger partial charge on any atom is -0.460 e. The van der Waals surface area contributed by atoms with Crippen LogP contribution in [-0.4, -0.2) is 116 Å². The minimum atomic E-state index is -2.29. The van der Waals surface area contributed by atoms with Crippen molar-refractivity contribution in [1.82, 2.24) is 0 Å². The van der Waals surface area contributed by atoms with Gasteiger partial charge in [0.05, 0.1) is 6.61 Å². The number of allylic oxidation sites excluding steroid dienone is 1. The zero-order valence-corrected chi connectivity index (χ0v) is 27.1. The molecule has 7 N–H and O–H groups in total. The van der Waals surface area contributed by atoms with E-state index in [-0.39, 0.29) is 0 Å². The van der Waals surface area contributed by atoms with Crippen molar-refractivity contribution in [1.29, 1.82) is 0 Å². The van der Waals surface area contributed by atoms with Crippen molar-refractivity contribution in [2.45, 2.75) is 147 Å². The van der Waals surface area contributed by atoms with Crippen LogP contribution in [-0.2, 0) is 23.7 Å². The molecule has 0 aliphatic carbocycles. The summed E-state index contributed by atoms with van der Waals surface area (Å²) >= 11 is 0. The van der Waals surface area contributed by atoms with Crippen LogP contribution in [0.2, 0.25) is 0 Å². The van der Waals surface area contributed by atoms with Crippen LogP contribution in [0.4, 0.5) is 0 Å². The van der Waals surface area contributed by atoms with E-state index in [9.17, 15) is 40.5 Å². The van der Waals surface area contributed by atoms with Gasteiger partial charge in [0, 0.05) is 6.08 Å². The van der Waals surface area contributed by atoms with Crippen molar-refractivity contribution in [3.8, 4) is 0 Å². The maximum absolute atomic E-state index is 12.5. The highest BCUT2D eigenvalue weighted by Gasteiger charge is 2.58. The second-order valence-corrected chi connectivity index (χ2v) is 13.4. The summed E-state index contributed by atoms with van der Waals surface area (Å²) in [6, 6.07) is 0. The van der Waals surface area contributed by atoms with Crippen molar-refractivity contribution >= 4 is 5.97 Å². The summed E-state index contributed by atoms with van der Waals surface area (Å²) in [6.07, 6.45) is -1.39. The lowest BCUT2D eigenvalue weighted by Crippen LogP contribution is -2.62. The van der Waals surface area contributed by atoms with E-state index >= 15 is 0 Å². The van der Waals surface area contributed by atoms with E-state index in [0.29, 0.717) is 5.92 Å². The second-order valence-electron chi connectivity index (χ2n) is 13.4. The smallest absolute Gasteiger partial charge is 0.330 e. The molecule has 12 heteroatoms. The van der Waals surface area contributed by atoms with E-state index in [2.05, 4.69) is 27.7 Å². The normalized spacial score (nSPS) is 34.3. The van der Waals surface area contributed by atoms with Crippen LogP contribution in [0, 0.1) is 17.8 Å². The maximum atomic E-state index is 12.5. The third-order valence-electron chi connectivity index (χ3n) is 8.78. The first-order valence-electron chi connectivity index (χ1n) is 16.2. The number of aliphatic hydroxyl groups excluding tert-OH is 7. The molecule has 0 aromatic carbocycles. The van der Waals surface area contributed by atoms with Gasteiger partial charge >= 0.3 is 5.97 Å². The monoisotopic (exact) mass is 634 g/mol. The first-order chi connectivity index (χ1) is 20.7. The molecular weight excluding hydrogens is 576 g/mol. The number of aliphatic hydroxyl groups is 7. The summed E-state index contributed by atoms with van der Waals surface area (Å²) in [6.45, 7) is 8.83. The zero-order chi connectivity index (χ0) is 33.0. The van der Waals surface area contributed by atoms with Gasteiger partial charge in [-0.3, -0.25) is 0 Å². The molecule has 0 radical (unpaired) electrons. The van der Waals surface area contributed by atoms with Gasteiger partial charge in [-0.2, -0.15) is 0 Å². The Kier molecular flexibility index (Phi) is 16.7. The number of hydrogen-bond donors (Lipinski definition) is 7. The molecule has 2 fully saturated rings. The van der Waals surface area contributed by atoms with Gasteiger partial charge in [0.1, 0.15) is 55.9 Å². The van der Waals surface area contributed by atoms with Gasteiger partial charge in [0.25, 0.3) is 0 Å². The van der Waals surface area contributed by atoms with E-state index in [4.69, 9.17) is 18.9 Å².